The number of H-pyrrole nitrogens is 1. The molecule has 3 aromatic rings. The molecule has 0 atom stereocenters. The van der Waals surface area contributed by atoms with Crippen molar-refractivity contribution >= 4 is 11.7 Å². The molecule has 28 heavy (non-hydrogen) atoms. The number of benzene rings is 2. The number of methoxy groups -OCH3 is 1. The SMILES string of the molecule is COc1ccc(-c2cc(N3CCN(C(=O)c4ccccc4C)CC3)n[nH]2)cc1. The molecule has 6 heteroatoms. The van der Waals surface area contributed by atoms with Gasteiger partial charge in [-0.1, -0.05) is 18.2 Å². The molecule has 2 aromatic carbocycles. The van der Waals surface area contributed by atoms with E-state index in [1.807, 2.05) is 60.4 Å². The molecule has 0 aliphatic carbocycles. The lowest BCUT2D eigenvalue weighted by Gasteiger charge is -2.35. The molecule has 144 valence electrons. The third-order valence-corrected chi connectivity index (χ3v) is 5.23. The standard InChI is InChI=1S/C22H24N4O2/c1-16-5-3-4-6-19(16)22(27)26-13-11-25(12-14-26)21-15-20(23-24-21)17-7-9-18(28-2)10-8-17/h3-10,15H,11-14H2,1-2H3,(H,23,24). The maximum absolute atomic E-state index is 12.8. The first-order valence-corrected chi connectivity index (χ1v) is 9.45. The molecule has 1 saturated heterocycles. The van der Waals surface area contributed by atoms with Crippen molar-refractivity contribution in [2.75, 3.05) is 38.2 Å². The number of anilines is 1. The van der Waals surface area contributed by atoms with Gasteiger partial charge in [-0.2, -0.15) is 5.10 Å². The van der Waals surface area contributed by atoms with Gasteiger partial charge in [0.25, 0.3) is 5.91 Å². The van der Waals surface area contributed by atoms with Gasteiger partial charge in [-0.25, -0.2) is 0 Å². The normalized spacial score (nSPS) is 14.2. The molecule has 4 rings (SSSR count). The first-order chi connectivity index (χ1) is 13.7. The van der Waals surface area contributed by atoms with Gasteiger partial charge in [-0.15, -0.1) is 0 Å². The van der Waals surface area contributed by atoms with E-state index in [0.717, 1.165) is 47.0 Å². The number of rotatable bonds is 4. The monoisotopic (exact) mass is 376 g/mol. The van der Waals surface area contributed by atoms with Crippen LogP contribution in [-0.4, -0.2) is 54.3 Å². The van der Waals surface area contributed by atoms with Gasteiger partial charge in [0, 0.05) is 37.8 Å². The Hall–Kier alpha value is -3.28. The molecule has 1 aliphatic rings. The maximum Gasteiger partial charge on any atom is 0.254 e. The van der Waals surface area contributed by atoms with Crippen LogP contribution in [0.5, 0.6) is 5.75 Å². The van der Waals surface area contributed by atoms with Crippen LogP contribution in [0.1, 0.15) is 15.9 Å². The van der Waals surface area contributed by atoms with Crippen molar-refractivity contribution in [1.82, 2.24) is 15.1 Å². The molecule has 1 aliphatic heterocycles. The molecule has 1 N–H and O–H groups in total. The Kier molecular flexibility index (Phi) is 5.02. The van der Waals surface area contributed by atoms with Crippen LogP contribution in [0, 0.1) is 6.92 Å². The number of aryl methyl sites for hydroxylation is 1. The van der Waals surface area contributed by atoms with Crippen LogP contribution in [0.3, 0.4) is 0 Å². The number of amides is 1. The van der Waals surface area contributed by atoms with Crippen LogP contribution in [0.4, 0.5) is 5.82 Å². The molecule has 6 nitrogen and oxygen atoms in total. The Bertz CT molecular complexity index is 957. The first kappa shape index (κ1) is 18.1. The van der Waals surface area contributed by atoms with Gasteiger partial charge < -0.3 is 14.5 Å². The zero-order chi connectivity index (χ0) is 19.5. The van der Waals surface area contributed by atoms with Gasteiger partial charge in [0.15, 0.2) is 5.82 Å². The van der Waals surface area contributed by atoms with E-state index in [4.69, 9.17) is 4.74 Å². The lowest BCUT2D eigenvalue weighted by molar-refractivity contribution is 0.0746. The molecule has 0 spiro atoms. The highest BCUT2D eigenvalue weighted by Gasteiger charge is 2.24. The molecule has 1 aromatic heterocycles. The maximum atomic E-state index is 12.8. The quantitative estimate of drug-likeness (QED) is 0.759. The molecular formula is C22H24N4O2. The third-order valence-electron chi connectivity index (χ3n) is 5.23. The Morgan fingerprint density at radius 3 is 2.43 bits per heavy atom. The topological polar surface area (TPSA) is 61.5 Å². The highest BCUT2D eigenvalue weighted by molar-refractivity contribution is 5.95. The smallest absolute Gasteiger partial charge is 0.254 e. The molecule has 2 heterocycles. The van der Waals surface area contributed by atoms with E-state index in [0.29, 0.717) is 13.1 Å². The molecule has 0 unspecified atom stereocenters. The van der Waals surface area contributed by atoms with E-state index in [1.54, 1.807) is 7.11 Å². The van der Waals surface area contributed by atoms with Crippen LogP contribution < -0.4 is 9.64 Å². The van der Waals surface area contributed by atoms with Crippen molar-refractivity contribution in [1.29, 1.82) is 0 Å². The van der Waals surface area contributed by atoms with Crippen LogP contribution in [0.15, 0.2) is 54.6 Å². The Morgan fingerprint density at radius 2 is 1.75 bits per heavy atom. The number of nitrogens with zero attached hydrogens (tertiary/aromatic N) is 3. The summed E-state index contributed by atoms with van der Waals surface area (Å²) in [5.41, 5.74) is 3.84. The van der Waals surface area contributed by atoms with Gasteiger partial charge in [0.2, 0.25) is 0 Å². The Balaban J connectivity index is 1.41. The fourth-order valence-electron chi connectivity index (χ4n) is 3.51. The average molecular weight is 376 g/mol. The lowest BCUT2D eigenvalue weighted by Crippen LogP contribution is -2.49. The highest BCUT2D eigenvalue weighted by atomic mass is 16.5. The second kappa shape index (κ2) is 7.76. The number of hydrogen-bond acceptors (Lipinski definition) is 4. The van der Waals surface area contributed by atoms with E-state index < -0.39 is 0 Å². The van der Waals surface area contributed by atoms with Crippen molar-refractivity contribution in [2.24, 2.45) is 0 Å². The summed E-state index contributed by atoms with van der Waals surface area (Å²) in [6.07, 6.45) is 0. The summed E-state index contributed by atoms with van der Waals surface area (Å²) in [7, 11) is 1.66. The summed E-state index contributed by atoms with van der Waals surface area (Å²) in [5, 5.41) is 7.58. The number of hydrogen-bond donors (Lipinski definition) is 1. The Morgan fingerprint density at radius 1 is 1.04 bits per heavy atom. The van der Waals surface area contributed by atoms with Crippen molar-refractivity contribution in [3.63, 3.8) is 0 Å². The van der Waals surface area contributed by atoms with E-state index in [2.05, 4.69) is 21.2 Å². The predicted octanol–water partition coefficient (Wildman–Crippen LogP) is 3.36. The minimum Gasteiger partial charge on any atom is -0.497 e. The molecule has 1 fully saturated rings. The minimum atomic E-state index is 0.110. The highest BCUT2D eigenvalue weighted by Crippen LogP contribution is 2.25. The zero-order valence-corrected chi connectivity index (χ0v) is 16.2. The number of carbonyl (C=O) groups is 1. The average Bonchev–Trinajstić information content (AvgIpc) is 3.24. The van der Waals surface area contributed by atoms with Crippen LogP contribution in [0.2, 0.25) is 0 Å². The van der Waals surface area contributed by atoms with Crippen molar-refractivity contribution in [3.8, 4) is 17.0 Å². The van der Waals surface area contributed by atoms with E-state index in [1.165, 1.54) is 0 Å². The molecule has 0 radical (unpaired) electrons. The van der Waals surface area contributed by atoms with Gasteiger partial charge in [-0.05, 0) is 48.4 Å². The molecule has 1 amide bonds. The Labute approximate surface area is 164 Å². The summed E-state index contributed by atoms with van der Waals surface area (Å²) in [4.78, 5) is 16.9. The largest absolute Gasteiger partial charge is 0.497 e. The van der Waals surface area contributed by atoms with Gasteiger partial charge in [0.1, 0.15) is 5.75 Å². The van der Waals surface area contributed by atoms with Crippen LogP contribution >= 0.6 is 0 Å². The summed E-state index contributed by atoms with van der Waals surface area (Å²) in [5.74, 6) is 1.85. The van der Waals surface area contributed by atoms with E-state index in [-0.39, 0.29) is 5.91 Å². The first-order valence-electron chi connectivity index (χ1n) is 9.45. The number of aromatic nitrogens is 2. The molecule has 0 saturated carbocycles. The molecule has 0 bridgehead atoms. The number of piperazine rings is 1. The summed E-state index contributed by atoms with van der Waals surface area (Å²) in [6, 6.07) is 17.7. The number of aromatic amines is 1. The van der Waals surface area contributed by atoms with E-state index >= 15 is 0 Å². The van der Waals surface area contributed by atoms with Crippen molar-refractivity contribution < 1.29 is 9.53 Å². The summed E-state index contributed by atoms with van der Waals surface area (Å²) in [6.45, 7) is 4.90. The second-order valence-corrected chi connectivity index (χ2v) is 6.96. The zero-order valence-electron chi connectivity index (χ0n) is 16.2. The lowest BCUT2D eigenvalue weighted by atomic mass is 10.1. The fraction of sp³-hybridized carbons (Fsp3) is 0.273. The number of nitrogens with one attached hydrogen (secondary N) is 1. The van der Waals surface area contributed by atoms with Gasteiger partial charge >= 0.3 is 0 Å². The molecular weight excluding hydrogens is 352 g/mol. The minimum absolute atomic E-state index is 0.110. The van der Waals surface area contributed by atoms with Crippen LogP contribution in [-0.2, 0) is 0 Å². The predicted molar refractivity (Wildman–Crippen MR) is 110 cm³/mol. The third kappa shape index (κ3) is 3.58. The van der Waals surface area contributed by atoms with Gasteiger partial charge in [-0.3, -0.25) is 9.89 Å². The second-order valence-electron chi connectivity index (χ2n) is 6.96. The number of ether oxygens (including phenoxy) is 1. The van der Waals surface area contributed by atoms with Crippen molar-refractivity contribution in [2.45, 2.75) is 6.92 Å². The van der Waals surface area contributed by atoms with Gasteiger partial charge in [0.05, 0.1) is 12.8 Å². The van der Waals surface area contributed by atoms with Crippen LogP contribution in [0.25, 0.3) is 11.3 Å². The summed E-state index contributed by atoms with van der Waals surface area (Å²) >= 11 is 0. The summed E-state index contributed by atoms with van der Waals surface area (Å²) < 4.78 is 5.21. The fourth-order valence-corrected chi connectivity index (χ4v) is 3.51. The number of carbonyl (C=O) groups excluding carboxylic acids is 1. The van der Waals surface area contributed by atoms with Crippen molar-refractivity contribution in [3.05, 3.63) is 65.7 Å². The van der Waals surface area contributed by atoms with E-state index in [9.17, 15) is 4.79 Å².